The molecular formula is C20H24N4O2. The van der Waals surface area contributed by atoms with Crippen molar-refractivity contribution < 1.29 is 9.21 Å². The van der Waals surface area contributed by atoms with Gasteiger partial charge in [-0.1, -0.05) is 12.8 Å². The van der Waals surface area contributed by atoms with E-state index in [0.717, 1.165) is 13.1 Å². The maximum atomic E-state index is 13.1. The zero-order valence-corrected chi connectivity index (χ0v) is 15.1. The SMILES string of the molecule is Cc1oc(-n2cccc2)c(C#N)c1C(=O)N1CCN(C2CCCC2)CC1. The van der Waals surface area contributed by atoms with Gasteiger partial charge in [-0.15, -0.1) is 0 Å². The summed E-state index contributed by atoms with van der Waals surface area (Å²) in [7, 11) is 0. The molecule has 4 rings (SSSR count). The van der Waals surface area contributed by atoms with Gasteiger partial charge in [0.05, 0.1) is 0 Å². The third kappa shape index (κ3) is 2.93. The third-order valence-electron chi connectivity index (χ3n) is 5.67. The molecule has 0 unspecified atom stereocenters. The van der Waals surface area contributed by atoms with Gasteiger partial charge in [-0.25, -0.2) is 0 Å². The second-order valence-electron chi connectivity index (χ2n) is 7.18. The van der Waals surface area contributed by atoms with E-state index >= 15 is 0 Å². The molecule has 0 N–H and O–H groups in total. The predicted octanol–water partition coefficient (Wildman–Crippen LogP) is 2.95. The average Bonchev–Trinajstić information content (AvgIpc) is 3.41. The van der Waals surface area contributed by atoms with Crippen LogP contribution in [0, 0.1) is 18.3 Å². The fraction of sp³-hybridized carbons (Fsp3) is 0.500. The Morgan fingerprint density at radius 3 is 2.42 bits per heavy atom. The number of piperazine rings is 1. The van der Waals surface area contributed by atoms with Gasteiger partial charge in [0.1, 0.15) is 23.0 Å². The topological polar surface area (TPSA) is 65.4 Å². The Kier molecular flexibility index (Phi) is 4.56. The molecule has 1 aliphatic heterocycles. The monoisotopic (exact) mass is 352 g/mol. The molecule has 1 saturated carbocycles. The Bertz CT molecular complexity index is 817. The van der Waals surface area contributed by atoms with Gasteiger partial charge in [0.15, 0.2) is 0 Å². The highest BCUT2D eigenvalue weighted by atomic mass is 16.4. The van der Waals surface area contributed by atoms with E-state index in [2.05, 4.69) is 11.0 Å². The number of carbonyl (C=O) groups is 1. The summed E-state index contributed by atoms with van der Waals surface area (Å²) < 4.78 is 7.51. The molecule has 1 saturated heterocycles. The highest BCUT2D eigenvalue weighted by Crippen LogP contribution is 2.28. The molecule has 0 radical (unpaired) electrons. The first-order valence-electron chi connectivity index (χ1n) is 9.39. The van der Waals surface area contributed by atoms with E-state index in [1.54, 1.807) is 11.5 Å². The predicted molar refractivity (Wildman–Crippen MR) is 97.2 cm³/mol. The lowest BCUT2D eigenvalue weighted by Crippen LogP contribution is -2.51. The van der Waals surface area contributed by atoms with Gasteiger partial charge in [-0.05, 0) is 31.9 Å². The lowest BCUT2D eigenvalue weighted by Gasteiger charge is -2.38. The standard InChI is InChI=1S/C20H24N4O2/c1-15-18(17(14-21)20(26-15)24-8-4-5-9-24)19(25)23-12-10-22(11-13-23)16-6-2-3-7-16/h4-5,8-9,16H,2-3,6-7,10-13H2,1H3. The Balaban J connectivity index is 1.53. The summed E-state index contributed by atoms with van der Waals surface area (Å²) in [6.07, 6.45) is 8.85. The molecular weight excluding hydrogens is 328 g/mol. The molecule has 2 aromatic heterocycles. The van der Waals surface area contributed by atoms with E-state index in [1.807, 2.05) is 29.4 Å². The van der Waals surface area contributed by atoms with E-state index in [0.29, 0.717) is 41.9 Å². The van der Waals surface area contributed by atoms with Crippen LogP contribution >= 0.6 is 0 Å². The first-order valence-corrected chi connectivity index (χ1v) is 9.39. The first kappa shape index (κ1) is 16.9. The van der Waals surface area contributed by atoms with Crippen LogP contribution in [0.2, 0.25) is 0 Å². The van der Waals surface area contributed by atoms with Crippen molar-refractivity contribution in [1.82, 2.24) is 14.4 Å². The molecule has 0 aromatic carbocycles. The average molecular weight is 352 g/mol. The van der Waals surface area contributed by atoms with Crippen LogP contribution in [0.1, 0.15) is 47.4 Å². The van der Waals surface area contributed by atoms with Crippen LogP contribution in [0.3, 0.4) is 0 Å². The minimum Gasteiger partial charge on any atom is -0.443 e. The molecule has 2 aliphatic rings. The third-order valence-corrected chi connectivity index (χ3v) is 5.67. The van der Waals surface area contributed by atoms with Crippen molar-refractivity contribution in [1.29, 1.82) is 5.26 Å². The highest BCUT2D eigenvalue weighted by Gasteiger charge is 2.32. The Hall–Kier alpha value is -2.52. The normalized spacial score (nSPS) is 19.0. The highest BCUT2D eigenvalue weighted by molar-refractivity contribution is 5.98. The van der Waals surface area contributed by atoms with Crippen LogP contribution in [0.15, 0.2) is 28.9 Å². The molecule has 3 heterocycles. The van der Waals surface area contributed by atoms with E-state index in [1.165, 1.54) is 25.7 Å². The maximum Gasteiger partial charge on any atom is 0.258 e. The van der Waals surface area contributed by atoms with Crippen molar-refractivity contribution in [2.24, 2.45) is 0 Å². The minimum absolute atomic E-state index is 0.0905. The molecule has 2 aromatic rings. The van der Waals surface area contributed by atoms with E-state index in [9.17, 15) is 10.1 Å². The number of aryl methyl sites for hydroxylation is 1. The minimum atomic E-state index is -0.0905. The quantitative estimate of drug-likeness (QED) is 0.852. The second-order valence-corrected chi connectivity index (χ2v) is 7.18. The molecule has 26 heavy (non-hydrogen) atoms. The summed E-state index contributed by atoms with van der Waals surface area (Å²) in [6, 6.07) is 6.59. The Labute approximate surface area is 153 Å². The van der Waals surface area contributed by atoms with Crippen molar-refractivity contribution in [3.05, 3.63) is 41.4 Å². The second kappa shape index (κ2) is 7.00. The zero-order chi connectivity index (χ0) is 18.1. The fourth-order valence-corrected chi connectivity index (χ4v) is 4.26. The first-order chi connectivity index (χ1) is 12.7. The summed E-state index contributed by atoms with van der Waals surface area (Å²) in [5.41, 5.74) is 0.729. The number of nitriles is 1. The lowest BCUT2D eigenvalue weighted by atomic mass is 10.1. The zero-order valence-electron chi connectivity index (χ0n) is 15.1. The van der Waals surface area contributed by atoms with Crippen molar-refractivity contribution in [3.63, 3.8) is 0 Å². The van der Waals surface area contributed by atoms with E-state index in [4.69, 9.17) is 4.42 Å². The number of carbonyl (C=O) groups excluding carboxylic acids is 1. The van der Waals surface area contributed by atoms with Crippen LogP contribution in [0.5, 0.6) is 0 Å². The number of hydrogen-bond acceptors (Lipinski definition) is 4. The maximum absolute atomic E-state index is 13.1. The van der Waals surface area contributed by atoms with Crippen LogP contribution in [0.4, 0.5) is 0 Å². The lowest BCUT2D eigenvalue weighted by molar-refractivity contribution is 0.0571. The number of aromatic nitrogens is 1. The van der Waals surface area contributed by atoms with Crippen molar-refractivity contribution in [2.75, 3.05) is 26.2 Å². The van der Waals surface area contributed by atoms with Gasteiger partial charge in [0.2, 0.25) is 5.88 Å². The number of amides is 1. The number of rotatable bonds is 3. The van der Waals surface area contributed by atoms with Crippen molar-refractivity contribution in [3.8, 4) is 12.0 Å². The fourth-order valence-electron chi connectivity index (χ4n) is 4.26. The molecule has 6 nitrogen and oxygen atoms in total. The van der Waals surface area contributed by atoms with Crippen LogP contribution < -0.4 is 0 Å². The van der Waals surface area contributed by atoms with Gasteiger partial charge in [-0.3, -0.25) is 14.3 Å². The van der Waals surface area contributed by atoms with Crippen LogP contribution in [0.25, 0.3) is 5.88 Å². The molecule has 136 valence electrons. The summed E-state index contributed by atoms with van der Waals surface area (Å²) in [6.45, 7) is 5.02. The van der Waals surface area contributed by atoms with Crippen molar-refractivity contribution >= 4 is 5.91 Å². The molecule has 0 spiro atoms. The summed E-state index contributed by atoms with van der Waals surface area (Å²) in [5.74, 6) is 0.837. The summed E-state index contributed by atoms with van der Waals surface area (Å²) >= 11 is 0. The van der Waals surface area contributed by atoms with Crippen LogP contribution in [-0.2, 0) is 0 Å². The molecule has 1 amide bonds. The van der Waals surface area contributed by atoms with Gasteiger partial charge >= 0.3 is 0 Å². The summed E-state index contributed by atoms with van der Waals surface area (Å²) in [4.78, 5) is 17.5. The largest absolute Gasteiger partial charge is 0.443 e. The number of nitrogens with zero attached hydrogens (tertiary/aromatic N) is 4. The molecule has 1 aliphatic carbocycles. The van der Waals surface area contributed by atoms with E-state index in [-0.39, 0.29) is 5.91 Å². The summed E-state index contributed by atoms with van der Waals surface area (Å²) in [5, 5.41) is 9.64. The smallest absolute Gasteiger partial charge is 0.258 e. The molecule has 0 bridgehead atoms. The molecule has 6 heteroatoms. The van der Waals surface area contributed by atoms with E-state index < -0.39 is 0 Å². The van der Waals surface area contributed by atoms with Gasteiger partial charge in [-0.2, -0.15) is 5.26 Å². The van der Waals surface area contributed by atoms with Gasteiger partial charge < -0.3 is 9.32 Å². The molecule has 0 atom stereocenters. The number of furan rings is 1. The number of hydrogen-bond donors (Lipinski definition) is 0. The Morgan fingerprint density at radius 1 is 1.15 bits per heavy atom. The van der Waals surface area contributed by atoms with Crippen LogP contribution in [-0.4, -0.2) is 52.5 Å². The van der Waals surface area contributed by atoms with Gasteiger partial charge in [0, 0.05) is 44.6 Å². The van der Waals surface area contributed by atoms with Gasteiger partial charge in [0.25, 0.3) is 5.91 Å². The molecule has 2 fully saturated rings. The Morgan fingerprint density at radius 2 is 1.81 bits per heavy atom. The van der Waals surface area contributed by atoms with Crippen molar-refractivity contribution in [2.45, 2.75) is 38.6 Å².